The maximum absolute atomic E-state index is 12.1. The summed E-state index contributed by atoms with van der Waals surface area (Å²) < 4.78 is 5.49. The Kier molecular flexibility index (Phi) is 4.82. The molecule has 0 aromatic heterocycles. The molecule has 110 valence electrons. The fourth-order valence-electron chi connectivity index (χ4n) is 2.08. The third-order valence-electron chi connectivity index (χ3n) is 3.07. The van der Waals surface area contributed by atoms with E-state index in [1.165, 1.54) is 5.56 Å². The largest absolute Gasteiger partial charge is 0.492 e. The lowest BCUT2D eigenvalue weighted by Crippen LogP contribution is -2.20. The van der Waals surface area contributed by atoms with E-state index >= 15 is 0 Å². The van der Waals surface area contributed by atoms with Crippen LogP contribution >= 0.6 is 0 Å². The van der Waals surface area contributed by atoms with Crippen LogP contribution in [0.1, 0.15) is 18.1 Å². The molecule has 2 N–H and O–H groups in total. The van der Waals surface area contributed by atoms with Crippen LogP contribution in [0.15, 0.2) is 42.5 Å². The van der Waals surface area contributed by atoms with Crippen molar-refractivity contribution in [2.45, 2.75) is 20.8 Å². The molecular weight excluding hydrogens is 264 g/mol. The summed E-state index contributed by atoms with van der Waals surface area (Å²) in [6.45, 7) is 6.45. The van der Waals surface area contributed by atoms with Crippen LogP contribution in [0.25, 0.3) is 0 Å². The van der Waals surface area contributed by atoms with Gasteiger partial charge in [-0.1, -0.05) is 29.8 Å². The van der Waals surface area contributed by atoms with E-state index in [-0.39, 0.29) is 6.03 Å². The number of nitrogens with one attached hydrogen (secondary N) is 2. The molecule has 0 aliphatic rings. The maximum atomic E-state index is 12.1. The lowest BCUT2D eigenvalue weighted by molar-refractivity contribution is 0.262. The number of anilines is 2. The van der Waals surface area contributed by atoms with Crippen LogP contribution in [0, 0.1) is 13.8 Å². The molecule has 21 heavy (non-hydrogen) atoms. The molecule has 0 aliphatic carbocycles. The highest BCUT2D eigenvalue weighted by atomic mass is 16.5. The molecule has 0 atom stereocenters. The van der Waals surface area contributed by atoms with Crippen molar-refractivity contribution in [2.24, 2.45) is 0 Å². The van der Waals surface area contributed by atoms with Gasteiger partial charge in [-0.15, -0.1) is 0 Å². The second kappa shape index (κ2) is 6.79. The van der Waals surface area contributed by atoms with Gasteiger partial charge in [-0.2, -0.15) is 0 Å². The molecule has 0 aliphatic heterocycles. The average Bonchev–Trinajstić information content (AvgIpc) is 2.44. The highest BCUT2D eigenvalue weighted by Crippen LogP contribution is 2.24. The van der Waals surface area contributed by atoms with E-state index in [9.17, 15) is 4.79 Å². The van der Waals surface area contributed by atoms with Crippen molar-refractivity contribution in [3.63, 3.8) is 0 Å². The van der Waals surface area contributed by atoms with Crippen LogP contribution in [0.3, 0.4) is 0 Å². The molecule has 0 heterocycles. The topological polar surface area (TPSA) is 50.4 Å². The molecule has 0 saturated heterocycles. The second-order valence-electron chi connectivity index (χ2n) is 4.83. The Bertz CT molecular complexity index is 638. The molecule has 2 amide bonds. The molecule has 0 saturated carbocycles. The molecule has 0 spiro atoms. The van der Waals surface area contributed by atoms with E-state index in [1.54, 1.807) is 0 Å². The number of ether oxygens (including phenoxy) is 1. The lowest BCUT2D eigenvalue weighted by atomic mass is 10.1. The van der Waals surface area contributed by atoms with Crippen LogP contribution in [-0.2, 0) is 0 Å². The maximum Gasteiger partial charge on any atom is 0.323 e. The predicted molar refractivity (Wildman–Crippen MR) is 86.2 cm³/mol. The Labute approximate surface area is 125 Å². The van der Waals surface area contributed by atoms with Crippen molar-refractivity contribution in [3.8, 4) is 5.75 Å². The van der Waals surface area contributed by atoms with Gasteiger partial charge < -0.3 is 15.4 Å². The summed E-state index contributed by atoms with van der Waals surface area (Å²) in [5.74, 6) is 0.663. The zero-order chi connectivity index (χ0) is 15.2. The van der Waals surface area contributed by atoms with Crippen LogP contribution < -0.4 is 15.4 Å². The molecule has 4 nitrogen and oxygen atoms in total. The zero-order valence-electron chi connectivity index (χ0n) is 12.6. The number of hydrogen-bond acceptors (Lipinski definition) is 2. The number of amides is 2. The van der Waals surface area contributed by atoms with Gasteiger partial charge in [0.2, 0.25) is 0 Å². The van der Waals surface area contributed by atoms with Gasteiger partial charge in [0.15, 0.2) is 0 Å². The molecule has 0 unspecified atom stereocenters. The normalized spacial score (nSPS) is 10.0. The second-order valence-corrected chi connectivity index (χ2v) is 4.83. The van der Waals surface area contributed by atoms with Crippen molar-refractivity contribution in [1.29, 1.82) is 0 Å². The van der Waals surface area contributed by atoms with E-state index in [4.69, 9.17) is 4.74 Å². The van der Waals surface area contributed by atoms with E-state index < -0.39 is 0 Å². The minimum Gasteiger partial charge on any atom is -0.492 e. The lowest BCUT2D eigenvalue weighted by Gasteiger charge is -2.13. The van der Waals surface area contributed by atoms with Crippen molar-refractivity contribution in [2.75, 3.05) is 17.2 Å². The van der Waals surface area contributed by atoms with E-state index in [0.717, 1.165) is 11.3 Å². The van der Waals surface area contributed by atoms with Crippen molar-refractivity contribution in [1.82, 2.24) is 0 Å². The summed E-state index contributed by atoms with van der Waals surface area (Å²) in [6.07, 6.45) is 0. The average molecular weight is 284 g/mol. The van der Waals surface area contributed by atoms with Crippen molar-refractivity contribution >= 4 is 17.4 Å². The fraction of sp³-hybridized carbons (Fsp3) is 0.235. The molecule has 0 radical (unpaired) electrons. The number of rotatable bonds is 4. The first-order chi connectivity index (χ1) is 10.1. The molecule has 2 aromatic rings. The first kappa shape index (κ1) is 14.9. The van der Waals surface area contributed by atoms with Gasteiger partial charge in [0.05, 0.1) is 12.3 Å². The minimum atomic E-state index is -0.283. The standard InChI is InChI=1S/C17H20N2O2/c1-4-21-16-8-6-5-7-15(16)19-17(20)18-14-10-9-12(2)11-13(14)3/h5-11H,4H2,1-3H3,(H2,18,19,20). The smallest absolute Gasteiger partial charge is 0.323 e. The number of para-hydroxylation sites is 2. The minimum absolute atomic E-state index is 0.283. The molecule has 0 fully saturated rings. The summed E-state index contributed by atoms with van der Waals surface area (Å²) in [5.41, 5.74) is 3.65. The highest BCUT2D eigenvalue weighted by molar-refractivity contribution is 6.01. The SMILES string of the molecule is CCOc1ccccc1NC(=O)Nc1ccc(C)cc1C. The van der Waals surface area contributed by atoms with Gasteiger partial charge in [0.1, 0.15) is 5.75 Å². The summed E-state index contributed by atoms with van der Waals surface area (Å²) >= 11 is 0. The monoisotopic (exact) mass is 284 g/mol. The van der Waals surface area contributed by atoms with Crippen LogP contribution in [0.5, 0.6) is 5.75 Å². The predicted octanol–water partition coefficient (Wildman–Crippen LogP) is 4.35. The molecule has 0 bridgehead atoms. The van der Waals surface area contributed by atoms with Crippen molar-refractivity contribution in [3.05, 3.63) is 53.6 Å². The third-order valence-corrected chi connectivity index (χ3v) is 3.07. The first-order valence-corrected chi connectivity index (χ1v) is 6.97. The Hall–Kier alpha value is -2.49. The summed E-state index contributed by atoms with van der Waals surface area (Å²) in [7, 11) is 0. The van der Waals surface area contributed by atoms with E-state index in [2.05, 4.69) is 10.6 Å². The number of benzene rings is 2. The zero-order valence-corrected chi connectivity index (χ0v) is 12.6. The molecule has 2 aromatic carbocycles. The van der Waals surface area contributed by atoms with Gasteiger partial charge in [0, 0.05) is 5.69 Å². The van der Waals surface area contributed by atoms with Gasteiger partial charge in [-0.3, -0.25) is 0 Å². The Balaban J connectivity index is 2.08. The van der Waals surface area contributed by atoms with E-state index in [1.807, 2.05) is 63.2 Å². The Morgan fingerprint density at radius 1 is 1.05 bits per heavy atom. The number of urea groups is 1. The Morgan fingerprint density at radius 2 is 1.76 bits per heavy atom. The van der Waals surface area contributed by atoms with E-state index in [0.29, 0.717) is 18.0 Å². The fourth-order valence-corrected chi connectivity index (χ4v) is 2.08. The van der Waals surface area contributed by atoms with Crippen molar-refractivity contribution < 1.29 is 9.53 Å². The third kappa shape index (κ3) is 3.99. The highest BCUT2D eigenvalue weighted by Gasteiger charge is 2.08. The summed E-state index contributed by atoms with van der Waals surface area (Å²) in [4.78, 5) is 12.1. The first-order valence-electron chi connectivity index (χ1n) is 6.97. The van der Waals surface area contributed by atoms with Gasteiger partial charge in [-0.25, -0.2) is 4.79 Å². The van der Waals surface area contributed by atoms with Crippen LogP contribution in [0.4, 0.5) is 16.2 Å². The summed E-state index contributed by atoms with van der Waals surface area (Å²) in [6, 6.07) is 13.0. The molecule has 4 heteroatoms. The number of aryl methyl sites for hydroxylation is 2. The van der Waals surface area contributed by atoms with Gasteiger partial charge in [0.25, 0.3) is 0 Å². The van der Waals surface area contributed by atoms with Gasteiger partial charge >= 0.3 is 6.03 Å². The Morgan fingerprint density at radius 3 is 2.48 bits per heavy atom. The molecule has 2 rings (SSSR count). The van der Waals surface area contributed by atoms with Gasteiger partial charge in [-0.05, 0) is 44.5 Å². The number of carbonyl (C=O) groups excluding carboxylic acids is 1. The van der Waals surface area contributed by atoms with Crippen LogP contribution in [-0.4, -0.2) is 12.6 Å². The number of hydrogen-bond donors (Lipinski definition) is 2. The number of carbonyl (C=O) groups is 1. The molecular formula is C17H20N2O2. The quantitative estimate of drug-likeness (QED) is 0.877. The summed E-state index contributed by atoms with van der Waals surface area (Å²) in [5, 5.41) is 5.66. The van der Waals surface area contributed by atoms with Crippen LogP contribution in [0.2, 0.25) is 0 Å².